The van der Waals surface area contributed by atoms with Gasteiger partial charge in [-0.15, -0.1) is 0 Å². The van der Waals surface area contributed by atoms with E-state index in [1.165, 1.54) is 38.4 Å². The second-order valence-corrected chi connectivity index (χ2v) is 15.4. The normalized spacial score (nSPS) is 21.8. The van der Waals surface area contributed by atoms with E-state index in [0.29, 0.717) is 5.92 Å². The summed E-state index contributed by atoms with van der Waals surface area (Å²) in [6.07, 6.45) is 15.8. The van der Waals surface area contributed by atoms with E-state index in [-0.39, 0.29) is 16.2 Å². The maximum Gasteiger partial charge on any atom is 0.142 e. The van der Waals surface area contributed by atoms with Gasteiger partial charge in [-0.2, -0.15) is 0 Å². The van der Waals surface area contributed by atoms with E-state index in [9.17, 15) is 0 Å². The summed E-state index contributed by atoms with van der Waals surface area (Å²) < 4.78 is 6.44. The molecule has 0 saturated heterocycles. The zero-order valence-corrected chi connectivity index (χ0v) is 27.0. The van der Waals surface area contributed by atoms with Gasteiger partial charge in [0.2, 0.25) is 0 Å². The van der Waals surface area contributed by atoms with E-state index in [1.54, 1.807) is 5.57 Å². The lowest BCUT2D eigenvalue weighted by Gasteiger charge is -2.37. The predicted octanol–water partition coefficient (Wildman–Crippen LogP) is 11.2. The van der Waals surface area contributed by atoms with Gasteiger partial charge in [0.25, 0.3) is 0 Å². The van der Waals surface area contributed by atoms with Crippen LogP contribution in [0.25, 0.3) is 67.3 Å². The topological polar surface area (TPSA) is 38.9 Å². The number of para-hydroxylation sites is 1. The Balaban J connectivity index is 1.18. The van der Waals surface area contributed by atoms with Crippen LogP contribution in [0.5, 0.6) is 0 Å². The van der Waals surface area contributed by atoms with Crippen molar-refractivity contribution in [3.8, 4) is 22.4 Å². The Morgan fingerprint density at radius 3 is 2.57 bits per heavy atom. The molecule has 1 fully saturated rings. The monoisotopic (exact) mass is 596 g/mol. The zero-order chi connectivity index (χ0) is 31.2. The highest BCUT2D eigenvalue weighted by molar-refractivity contribution is 6.12. The van der Waals surface area contributed by atoms with E-state index >= 15 is 0 Å². The Bertz CT molecular complexity index is 2440. The van der Waals surface area contributed by atoms with Crippen molar-refractivity contribution in [3.05, 3.63) is 119 Å². The standard InChI is InChI=1S/C43H36N2O/c1-41(2,3)26-16-17-28-30-18-19-43-33(22-42(43,4)5)37(43)36(30)39-38(32(28)21-26)45-34(23-44-39)25-11-8-10-24(20-25)27-13-9-14-31-29-12-6-7-15-35(29)46-40(27)31/h7-11,13-23,37H,6,12H2,1-5H3. The SMILES string of the molecule is CC(C)(C)c1ccc2c3c(c4ncc(-c5cccc(-c6cccc7c8c(oc67)C=CCC8)c5)nc4c2c1)C1C2=CC(C)(C)C21C=C3. The summed E-state index contributed by atoms with van der Waals surface area (Å²) in [5.74, 6) is 1.39. The first-order valence-corrected chi connectivity index (χ1v) is 16.7. The summed E-state index contributed by atoms with van der Waals surface area (Å²) in [6.45, 7) is 11.6. The lowest BCUT2D eigenvalue weighted by atomic mass is 9.66. The van der Waals surface area contributed by atoms with Gasteiger partial charge in [-0.25, -0.2) is 4.98 Å². The molecule has 6 aromatic rings. The molecule has 0 radical (unpaired) electrons. The van der Waals surface area contributed by atoms with Gasteiger partial charge in [0.15, 0.2) is 0 Å². The van der Waals surface area contributed by atoms with Gasteiger partial charge in [0.1, 0.15) is 11.3 Å². The molecule has 46 heavy (non-hydrogen) atoms. The molecule has 2 aromatic heterocycles. The first-order chi connectivity index (χ1) is 22.2. The Morgan fingerprint density at radius 2 is 1.72 bits per heavy atom. The van der Waals surface area contributed by atoms with Gasteiger partial charge in [0, 0.05) is 38.8 Å². The highest BCUT2D eigenvalue weighted by Crippen LogP contribution is 2.83. The smallest absolute Gasteiger partial charge is 0.142 e. The number of benzene rings is 4. The summed E-state index contributed by atoms with van der Waals surface area (Å²) in [5, 5.41) is 3.68. The maximum atomic E-state index is 6.44. The van der Waals surface area contributed by atoms with Crippen LogP contribution in [0.1, 0.15) is 75.0 Å². The predicted molar refractivity (Wildman–Crippen MR) is 190 cm³/mol. The lowest BCUT2D eigenvalue weighted by molar-refractivity contribution is 0.295. The zero-order valence-electron chi connectivity index (χ0n) is 27.0. The van der Waals surface area contributed by atoms with Crippen molar-refractivity contribution in [2.75, 3.05) is 0 Å². The molecule has 10 rings (SSSR count). The minimum atomic E-state index is 0.0298. The van der Waals surface area contributed by atoms with Gasteiger partial charge in [-0.1, -0.05) is 113 Å². The molecule has 3 heteroatoms. The second kappa shape index (κ2) is 8.53. The number of furan rings is 1. The third-order valence-electron chi connectivity index (χ3n) is 11.4. The van der Waals surface area contributed by atoms with Crippen molar-refractivity contribution >= 4 is 44.9 Å². The largest absolute Gasteiger partial charge is 0.456 e. The van der Waals surface area contributed by atoms with Crippen LogP contribution in [0.15, 0.2) is 95.1 Å². The molecule has 3 nitrogen and oxygen atoms in total. The van der Waals surface area contributed by atoms with Crippen molar-refractivity contribution in [3.63, 3.8) is 0 Å². The molecule has 2 atom stereocenters. The number of rotatable bonds is 2. The Labute approximate surface area is 269 Å². The Kier molecular flexibility index (Phi) is 4.90. The highest BCUT2D eigenvalue weighted by atomic mass is 16.3. The molecule has 0 bridgehead atoms. The average Bonchev–Trinajstić information content (AvgIpc) is 3.45. The van der Waals surface area contributed by atoms with Gasteiger partial charge < -0.3 is 4.42 Å². The Hall–Kier alpha value is -4.76. The molecule has 1 saturated carbocycles. The van der Waals surface area contributed by atoms with E-state index < -0.39 is 0 Å². The van der Waals surface area contributed by atoms with Crippen LogP contribution < -0.4 is 0 Å². The minimum Gasteiger partial charge on any atom is -0.456 e. The Morgan fingerprint density at radius 1 is 0.870 bits per heavy atom. The molecule has 0 aliphatic heterocycles. The maximum absolute atomic E-state index is 6.44. The van der Waals surface area contributed by atoms with Crippen LogP contribution in [-0.2, 0) is 11.8 Å². The quantitative estimate of drug-likeness (QED) is 0.147. The number of nitrogens with zero attached hydrogens (tertiary/aromatic N) is 2. The first kappa shape index (κ1) is 26.5. The summed E-state index contributed by atoms with van der Waals surface area (Å²) in [4.78, 5) is 10.8. The molecular weight excluding hydrogens is 560 g/mol. The van der Waals surface area contributed by atoms with Crippen molar-refractivity contribution < 1.29 is 4.42 Å². The van der Waals surface area contributed by atoms with E-state index in [2.05, 4.69) is 126 Å². The second-order valence-electron chi connectivity index (χ2n) is 15.4. The molecule has 4 aromatic carbocycles. The van der Waals surface area contributed by atoms with Crippen LogP contribution >= 0.6 is 0 Å². The van der Waals surface area contributed by atoms with Crippen LogP contribution in [0, 0.1) is 10.8 Å². The number of hydrogen-bond donors (Lipinski definition) is 0. The molecule has 0 amide bonds. The minimum absolute atomic E-state index is 0.0298. The van der Waals surface area contributed by atoms with Crippen molar-refractivity contribution in [2.45, 2.75) is 58.8 Å². The number of aromatic nitrogens is 2. The van der Waals surface area contributed by atoms with Crippen LogP contribution in [0.2, 0.25) is 0 Å². The fourth-order valence-electron chi connectivity index (χ4n) is 8.92. The van der Waals surface area contributed by atoms with Gasteiger partial charge in [-0.05, 0) is 69.5 Å². The summed E-state index contributed by atoms with van der Waals surface area (Å²) >= 11 is 0. The third kappa shape index (κ3) is 3.28. The van der Waals surface area contributed by atoms with Crippen LogP contribution in [0.3, 0.4) is 0 Å². The van der Waals surface area contributed by atoms with Crippen molar-refractivity contribution in [2.24, 2.45) is 10.8 Å². The first-order valence-electron chi connectivity index (χ1n) is 16.7. The number of allylic oxidation sites excluding steroid dienone is 4. The third-order valence-corrected chi connectivity index (χ3v) is 11.4. The number of hydrogen-bond acceptors (Lipinski definition) is 3. The molecule has 0 N–H and O–H groups in total. The molecule has 2 heterocycles. The van der Waals surface area contributed by atoms with Crippen LogP contribution in [0.4, 0.5) is 0 Å². The fraction of sp³-hybridized carbons (Fsp3) is 0.256. The molecule has 1 spiro atoms. The van der Waals surface area contributed by atoms with E-state index in [0.717, 1.165) is 57.6 Å². The average molecular weight is 597 g/mol. The van der Waals surface area contributed by atoms with E-state index in [1.807, 2.05) is 6.20 Å². The van der Waals surface area contributed by atoms with E-state index in [4.69, 9.17) is 14.4 Å². The molecule has 4 aliphatic rings. The lowest BCUT2D eigenvalue weighted by Crippen LogP contribution is -2.29. The van der Waals surface area contributed by atoms with Gasteiger partial charge in [0.05, 0.1) is 22.9 Å². The van der Waals surface area contributed by atoms with Crippen LogP contribution in [-0.4, -0.2) is 9.97 Å². The summed E-state index contributed by atoms with van der Waals surface area (Å²) in [6, 6.07) is 22.2. The highest BCUT2D eigenvalue weighted by Gasteiger charge is 2.73. The molecule has 224 valence electrons. The molecule has 2 unspecified atom stereocenters. The molecular formula is C43H36N2O. The van der Waals surface area contributed by atoms with Crippen molar-refractivity contribution in [1.82, 2.24) is 9.97 Å². The summed E-state index contributed by atoms with van der Waals surface area (Å²) in [5.41, 5.74) is 14.4. The van der Waals surface area contributed by atoms with Crippen molar-refractivity contribution in [1.29, 1.82) is 0 Å². The number of fused-ring (bicyclic) bond motifs is 11. The fourth-order valence-corrected chi connectivity index (χ4v) is 8.92. The number of aryl methyl sites for hydroxylation is 1. The van der Waals surface area contributed by atoms with Gasteiger partial charge in [-0.3, -0.25) is 4.98 Å². The summed E-state index contributed by atoms with van der Waals surface area (Å²) in [7, 11) is 0. The van der Waals surface area contributed by atoms with Gasteiger partial charge >= 0.3 is 0 Å². The molecule has 4 aliphatic carbocycles.